The van der Waals surface area contributed by atoms with Gasteiger partial charge in [0.25, 0.3) is 0 Å². The number of hydrogen-bond acceptors (Lipinski definition) is 4. The first-order chi connectivity index (χ1) is 9.60. The van der Waals surface area contributed by atoms with Crippen molar-refractivity contribution in [3.63, 3.8) is 0 Å². The van der Waals surface area contributed by atoms with Crippen molar-refractivity contribution in [2.45, 2.75) is 32.7 Å². The Morgan fingerprint density at radius 2 is 2.05 bits per heavy atom. The summed E-state index contributed by atoms with van der Waals surface area (Å²) in [6.07, 6.45) is 2.15. The Hall–Kier alpha value is -1.75. The van der Waals surface area contributed by atoms with Crippen LogP contribution in [0, 0.1) is 0 Å². The summed E-state index contributed by atoms with van der Waals surface area (Å²) in [5.74, 6) is 1.19. The zero-order chi connectivity index (χ0) is 15.0. The van der Waals surface area contributed by atoms with E-state index < -0.39 is 0 Å². The molecular formula is C15H24N2O3. The number of benzene rings is 1. The van der Waals surface area contributed by atoms with E-state index in [9.17, 15) is 4.79 Å². The van der Waals surface area contributed by atoms with Gasteiger partial charge in [0, 0.05) is 12.1 Å². The molecular weight excluding hydrogens is 256 g/mol. The third kappa shape index (κ3) is 5.09. The van der Waals surface area contributed by atoms with Crippen LogP contribution in [0.3, 0.4) is 0 Å². The average Bonchev–Trinajstić information content (AvgIpc) is 2.45. The summed E-state index contributed by atoms with van der Waals surface area (Å²) < 4.78 is 10.4. The Kier molecular flexibility index (Phi) is 6.87. The Morgan fingerprint density at radius 1 is 1.30 bits per heavy atom. The van der Waals surface area contributed by atoms with E-state index in [4.69, 9.17) is 9.47 Å². The quantitative estimate of drug-likeness (QED) is 0.768. The van der Waals surface area contributed by atoms with Crippen LogP contribution in [0.1, 0.15) is 26.7 Å². The Morgan fingerprint density at radius 3 is 2.65 bits per heavy atom. The summed E-state index contributed by atoms with van der Waals surface area (Å²) in [6.45, 7) is 4.48. The predicted molar refractivity (Wildman–Crippen MR) is 80.5 cm³/mol. The third-order valence-corrected chi connectivity index (χ3v) is 3.01. The molecule has 0 aliphatic heterocycles. The van der Waals surface area contributed by atoms with Crippen molar-refractivity contribution in [3.05, 3.63) is 18.2 Å². The van der Waals surface area contributed by atoms with Gasteiger partial charge in [-0.15, -0.1) is 0 Å². The molecule has 20 heavy (non-hydrogen) atoms. The molecule has 5 heteroatoms. The van der Waals surface area contributed by atoms with Gasteiger partial charge in [0.05, 0.1) is 26.5 Å². The second-order valence-electron chi connectivity index (χ2n) is 4.69. The molecule has 5 nitrogen and oxygen atoms in total. The summed E-state index contributed by atoms with van der Waals surface area (Å²) in [5, 5.41) is 6.01. The normalized spacial score (nSPS) is 11.8. The number of hydrogen-bond donors (Lipinski definition) is 2. The van der Waals surface area contributed by atoms with E-state index in [2.05, 4.69) is 24.5 Å². The lowest BCUT2D eigenvalue weighted by Gasteiger charge is -2.14. The standard InChI is InChI=1S/C15H24N2O3/c1-5-6-11(2)16-10-15(18)17-13-9-12(19-3)7-8-14(13)20-4/h7-9,11,16H,5-6,10H2,1-4H3,(H,17,18)/t11-/m0/s1. The molecule has 0 fully saturated rings. The molecule has 0 aromatic heterocycles. The fraction of sp³-hybridized carbons (Fsp3) is 0.533. The Labute approximate surface area is 120 Å². The van der Waals surface area contributed by atoms with Crippen LogP contribution in [0.15, 0.2) is 18.2 Å². The molecule has 0 saturated heterocycles. The van der Waals surface area contributed by atoms with Crippen LogP contribution in [0.5, 0.6) is 11.5 Å². The first kappa shape index (κ1) is 16.3. The fourth-order valence-electron chi connectivity index (χ4n) is 1.91. The molecule has 1 amide bonds. The molecule has 1 aromatic rings. The number of methoxy groups -OCH3 is 2. The maximum absolute atomic E-state index is 11.9. The molecule has 0 radical (unpaired) electrons. The zero-order valence-corrected chi connectivity index (χ0v) is 12.7. The van der Waals surface area contributed by atoms with Gasteiger partial charge in [-0.05, 0) is 25.5 Å². The maximum Gasteiger partial charge on any atom is 0.238 e. The largest absolute Gasteiger partial charge is 0.497 e. The van der Waals surface area contributed by atoms with Gasteiger partial charge >= 0.3 is 0 Å². The summed E-state index contributed by atoms with van der Waals surface area (Å²) >= 11 is 0. The third-order valence-electron chi connectivity index (χ3n) is 3.01. The van der Waals surface area contributed by atoms with Crippen LogP contribution in [0.4, 0.5) is 5.69 Å². The van der Waals surface area contributed by atoms with Gasteiger partial charge < -0.3 is 20.1 Å². The van der Waals surface area contributed by atoms with Crippen LogP contribution < -0.4 is 20.1 Å². The lowest BCUT2D eigenvalue weighted by atomic mass is 10.2. The number of ether oxygens (including phenoxy) is 2. The minimum absolute atomic E-state index is 0.0977. The summed E-state index contributed by atoms with van der Waals surface area (Å²) in [6, 6.07) is 5.63. The first-order valence-corrected chi connectivity index (χ1v) is 6.86. The molecule has 1 rings (SSSR count). The summed E-state index contributed by atoms with van der Waals surface area (Å²) in [4.78, 5) is 11.9. The highest BCUT2D eigenvalue weighted by Gasteiger charge is 2.10. The van der Waals surface area contributed by atoms with Crippen LogP contribution in [-0.4, -0.2) is 32.7 Å². The second-order valence-corrected chi connectivity index (χ2v) is 4.69. The second kappa shape index (κ2) is 8.43. The van der Waals surface area contributed by atoms with E-state index in [1.165, 1.54) is 0 Å². The Balaban J connectivity index is 2.60. The van der Waals surface area contributed by atoms with Crippen molar-refractivity contribution in [3.8, 4) is 11.5 Å². The van der Waals surface area contributed by atoms with E-state index in [1.54, 1.807) is 32.4 Å². The van der Waals surface area contributed by atoms with Crippen molar-refractivity contribution in [1.82, 2.24) is 5.32 Å². The van der Waals surface area contributed by atoms with E-state index in [0.29, 0.717) is 23.2 Å². The van der Waals surface area contributed by atoms with Gasteiger partial charge in [-0.25, -0.2) is 0 Å². The van der Waals surface area contributed by atoms with Crippen LogP contribution in [0.25, 0.3) is 0 Å². The molecule has 2 N–H and O–H groups in total. The topological polar surface area (TPSA) is 59.6 Å². The van der Waals surface area contributed by atoms with Crippen molar-refractivity contribution in [2.75, 3.05) is 26.1 Å². The van der Waals surface area contributed by atoms with E-state index in [0.717, 1.165) is 12.8 Å². The number of amides is 1. The molecule has 0 bridgehead atoms. The minimum atomic E-state index is -0.0977. The molecule has 0 unspecified atom stereocenters. The molecule has 0 heterocycles. The summed E-state index contributed by atoms with van der Waals surface area (Å²) in [5.41, 5.74) is 0.613. The van der Waals surface area contributed by atoms with Crippen molar-refractivity contribution in [1.29, 1.82) is 0 Å². The smallest absolute Gasteiger partial charge is 0.238 e. The molecule has 0 aliphatic rings. The predicted octanol–water partition coefficient (Wildman–Crippen LogP) is 2.42. The van der Waals surface area contributed by atoms with Gasteiger partial charge in [0.2, 0.25) is 5.91 Å². The van der Waals surface area contributed by atoms with Gasteiger partial charge in [-0.2, -0.15) is 0 Å². The average molecular weight is 280 g/mol. The highest BCUT2D eigenvalue weighted by molar-refractivity contribution is 5.94. The van der Waals surface area contributed by atoms with Crippen molar-refractivity contribution in [2.24, 2.45) is 0 Å². The van der Waals surface area contributed by atoms with Gasteiger partial charge in [-0.1, -0.05) is 13.3 Å². The van der Waals surface area contributed by atoms with E-state index in [-0.39, 0.29) is 12.5 Å². The first-order valence-electron chi connectivity index (χ1n) is 6.86. The van der Waals surface area contributed by atoms with E-state index >= 15 is 0 Å². The lowest BCUT2D eigenvalue weighted by Crippen LogP contribution is -2.34. The van der Waals surface area contributed by atoms with Crippen molar-refractivity contribution < 1.29 is 14.3 Å². The SMILES string of the molecule is CCC[C@H](C)NCC(=O)Nc1cc(OC)ccc1OC. The van der Waals surface area contributed by atoms with Gasteiger partial charge in [-0.3, -0.25) is 4.79 Å². The highest BCUT2D eigenvalue weighted by Crippen LogP contribution is 2.28. The van der Waals surface area contributed by atoms with Crippen LogP contribution >= 0.6 is 0 Å². The van der Waals surface area contributed by atoms with Gasteiger partial charge in [0.15, 0.2) is 0 Å². The molecule has 112 valence electrons. The van der Waals surface area contributed by atoms with Crippen LogP contribution in [0.2, 0.25) is 0 Å². The number of nitrogens with one attached hydrogen (secondary N) is 2. The molecule has 1 atom stereocenters. The fourth-order valence-corrected chi connectivity index (χ4v) is 1.91. The number of anilines is 1. The molecule has 0 spiro atoms. The van der Waals surface area contributed by atoms with Crippen molar-refractivity contribution >= 4 is 11.6 Å². The summed E-state index contributed by atoms with van der Waals surface area (Å²) in [7, 11) is 3.15. The minimum Gasteiger partial charge on any atom is -0.497 e. The number of carbonyl (C=O) groups is 1. The number of carbonyl (C=O) groups excluding carboxylic acids is 1. The highest BCUT2D eigenvalue weighted by atomic mass is 16.5. The van der Waals surface area contributed by atoms with E-state index in [1.807, 2.05) is 0 Å². The Bertz CT molecular complexity index is 435. The molecule has 0 saturated carbocycles. The molecule has 0 aliphatic carbocycles. The number of rotatable bonds is 8. The lowest BCUT2D eigenvalue weighted by molar-refractivity contribution is -0.115. The zero-order valence-electron chi connectivity index (χ0n) is 12.7. The van der Waals surface area contributed by atoms with Gasteiger partial charge in [0.1, 0.15) is 11.5 Å². The van der Waals surface area contributed by atoms with Crippen LogP contribution in [-0.2, 0) is 4.79 Å². The maximum atomic E-state index is 11.9. The molecule has 1 aromatic carbocycles. The monoisotopic (exact) mass is 280 g/mol.